The predicted octanol–water partition coefficient (Wildman–Crippen LogP) is 4.27. The van der Waals surface area contributed by atoms with E-state index in [1.54, 1.807) is 47.7 Å². The molecule has 154 valence electrons. The third-order valence-electron chi connectivity index (χ3n) is 4.90. The van der Waals surface area contributed by atoms with Gasteiger partial charge in [-0.1, -0.05) is 11.8 Å². The van der Waals surface area contributed by atoms with Gasteiger partial charge < -0.3 is 5.32 Å². The van der Waals surface area contributed by atoms with E-state index in [1.165, 1.54) is 12.1 Å². The smallest absolute Gasteiger partial charge is 0.230 e. The highest BCUT2D eigenvalue weighted by molar-refractivity contribution is 6.17. The van der Waals surface area contributed by atoms with Crippen LogP contribution in [0.15, 0.2) is 84.5 Å². The molecule has 0 radical (unpaired) electrons. The van der Waals surface area contributed by atoms with Crippen LogP contribution in [0.4, 0.5) is 15.8 Å². The second-order valence-electron chi connectivity index (χ2n) is 7.14. The number of aromatic nitrogens is 3. The number of pyridine rings is 1. The number of nitrogens with one attached hydrogen (secondary N) is 1. The normalized spacial score (nSPS) is 12.7. The maximum Gasteiger partial charge on any atom is 0.230 e. The molecule has 32 heavy (non-hydrogen) atoms. The van der Waals surface area contributed by atoms with Crippen molar-refractivity contribution in [3.05, 3.63) is 102 Å². The lowest BCUT2D eigenvalue weighted by Crippen LogP contribution is -2.15. The number of imidazole rings is 1. The molecule has 1 N–H and O–H groups in total. The summed E-state index contributed by atoms with van der Waals surface area (Å²) in [7, 11) is 0. The quantitative estimate of drug-likeness (QED) is 0.492. The fourth-order valence-corrected chi connectivity index (χ4v) is 3.32. The Morgan fingerprint density at radius 1 is 0.969 bits per heavy atom. The van der Waals surface area contributed by atoms with Gasteiger partial charge in [0, 0.05) is 35.3 Å². The van der Waals surface area contributed by atoms with E-state index in [4.69, 9.17) is 4.99 Å². The Morgan fingerprint density at radius 2 is 1.78 bits per heavy atom. The first-order chi connectivity index (χ1) is 15.6. The van der Waals surface area contributed by atoms with Gasteiger partial charge in [-0.05, 0) is 54.6 Å². The van der Waals surface area contributed by atoms with Gasteiger partial charge in [0.2, 0.25) is 5.91 Å². The minimum Gasteiger partial charge on any atom is -0.324 e. The van der Waals surface area contributed by atoms with Crippen LogP contribution in [0, 0.1) is 17.7 Å². The number of carbonyl (C=O) groups is 1. The van der Waals surface area contributed by atoms with Crippen LogP contribution < -0.4 is 5.32 Å². The number of fused-ring (bicyclic) bond motifs is 1. The minimum absolute atomic E-state index is 0.138. The largest absolute Gasteiger partial charge is 0.324 e. The number of anilines is 1. The van der Waals surface area contributed by atoms with Crippen molar-refractivity contribution >= 4 is 23.0 Å². The molecule has 0 fully saturated rings. The number of hydrogen-bond donors (Lipinski definition) is 1. The van der Waals surface area contributed by atoms with E-state index in [1.807, 2.05) is 24.3 Å². The Balaban J connectivity index is 1.47. The first-order valence-electron chi connectivity index (χ1n) is 9.88. The second-order valence-corrected chi connectivity index (χ2v) is 7.14. The molecule has 2 aromatic heterocycles. The van der Waals surface area contributed by atoms with Crippen LogP contribution >= 0.6 is 0 Å². The fourth-order valence-electron chi connectivity index (χ4n) is 3.32. The maximum absolute atomic E-state index is 13.1. The highest BCUT2D eigenvalue weighted by atomic mass is 19.1. The molecule has 5 rings (SSSR count). The molecule has 1 aliphatic heterocycles. The van der Waals surface area contributed by atoms with E-state index in [2.05, 4.69) is 27.1 Å². The van der Waals surface area contributed by atoms with Gasteiger partial charge in [0.15, 0.2) is 0 Å². The lowest BCUT2D eigenvalue weighted by atomic mass is 10.1. The summed E-state index contributed by atoms with van der Waals surface area (Å²) in [6.07, 6.45) is 6.97. The van der Waals surface area contributed by atoms with Crippen LogP contribution in [-0.2, 0) is 4.79 Å². The molecule has 0 atom stereocenters. The van der Waals surface area contributed by atoms with Crippen molar-refractivity contribution in [2.45, 2.75) is 6.42 Å². The van der Waals surface area contributed by atoms with Crippen molar-refractivity contribution in [1.82, 2.24) is 14.5 Å². The summed E-state index contributed by atoms with van der Waals surface area (Å²) in [4.78, 5) is 25.7. The van der Waals surface area contributed by atoms with Crippen LogP contribution in [0.25, 0.3) is 5.82 Å². The fraction of sp³-hybridized carbons (Fsp3) is 0.0400. The number of rotatable bonds is 2. The highest BCUT2D eigenvalue weighted by Gasteiger charge is 2.18. The number of aliphatic imine (C=N–C) groups is 1. The lowest BCUT2D eigenvalue weighted by molar-refractivity contribution is -0.115. The number of nitrogens with zero attached hydrogens (tertiary/aromatic N) is 4. The Hall–Kier alpha value is -4.57. The predicted molar refractivity (Wildman–Crippen MR) is 120 cm³/mol. The topological polar surface area (TPSA) is 72.2 Å². The first kappa shape index (κ1) is 19.4. The average Bonchev–Trinajstić information content (AvgIpc) is 3.29. The molecule has 0 saturated heterocycles. The third kappa shape index (κ3) is 4.16. The van der Waals surface area contributed by atoms with Gasteiger partial charge in [-0.3, -0.25) is 14.4 Å². The summed E-state index contributed by atoms with van der Waals surface area (Å²) in [5, 5.41) is 2.91. The van der Waals surface area contributed by atoms with Crippen molar-refractivity contribution in [3.63, 3.8) is 0 Å². The minimum atomic E-state index is -0.302. The summed E-state index contributed by atoms with van der Waals surface area (Å²) in [5.74, 6) is 6.27. The zero-order valence-corrected chi connectivity index (χ0v) is 16.8. The Morgan fingerprint density at radius 3 is 2.59 bits per heavy atom. The van der Waals surface area contributed by atoms with E-state index in [-0.39, 0.29) is 18.1 Å². The number of amides is 1. The number of benzene rings is 2. The lowest BCUT2D eigenvalue weighted by Gasteiger charge is -2.06. The van der Waals surface area contributed by atoms with Crippen LogP contribution in [0.5, 0.6) is 0 Å². The van der Waals surface area contributed by atoms with Crippen LogP contribution in [0.3, 0.4) is 0 Å². The highest BCUT2D eigenvalue weighted by Crippen LogP contribution is 2.30. The molecule has 0 bridgehead atoms. The van der Waals surface area contributed by atoms with Crippen LogP contribution in [0.1, 0.15) is 23.1 Å². The van der Waals surface area contributed by atoms with E-state index in [9.17, 15) is 9.18 Å². The molecule has 2 aromatic carbocycles. The van der Waals surface area contributed by atoms with Gasteiger partial charge in [-0.2, -0.15) is 0 Å². The number of halogens is 1. The Kier molecular flexibility index (Phi) is 5.02. The van der Waals surface area contributed by atoms with E-state index in [0.29, 0.717) is 28.5 Å². The van der Waals surface area contributed by atoms with Gasteiger partial charge in [0.25, 0.3) is 0 Å². The van der Waals surface area contributed by atoms with Gasteiger partial charge >= 0.3 is 0 Å². The van der Waals surface area contributed by atoms with Gasteiger partial charge in [0.1, 0.15) is 18.0 Å². The van der Waals surface area contributed by atoms with Crippen molar-refractivity contribution < 1.29 is 9.18 Å². The molecule has 3 heterocycles. The van der Waals surface area contributed by atoms with Crippen LogP contribution in [0.2, 0.25) is 0 Å². The molecule has 0 aliphatic carbocycles. The molecule has 4 aromatic rings. The molecule has 0 unspecified atom stereocenters. The molecule has 1 aliphatic rings. The van der Waals surface area contributed by atoms with Gasteiger partial charge in [0.05, 0.1) is 23.5 Å². The molecule has 6 nitrogen and oxygen atoms in total. The molecule has 7 heteroatoms. The summed E-state index contributed by atoms with van der Waals surface area (Å²) in [5.41, 5.74) is 4.14. The van der Waals surface area contributed by atoms with Crippen molar-refractivity contribution in [2.24, 2.45) is 4.99 Å². The number of hydrogen-bond acceptors (Lipinski definition) is 4. The molecule has 0 saturated carbocycles. The van der Waals surface area contributed by atoms with E-state index < -0.39 is 0 Å². The average molecular weight is 421 g/mol. The number of carbonyl (C=O) groups excluding carboxylic acids is 1. The summed E-state index contributed by atoms with van der Waals surface area (Å²) < 4.78 is 14.8. The summed E-state index contributed by atoms with van der Waals surface area (Å²) in [6, 6.07) is 15.2. The summed E-state index contributed by atoms with van der Waals surface area (Å²) in [6.45, 7) is 0. The Bertz CT molecular complexity index is 1400. The van der Waals surface area contributed by atoms with Crippen LogP contribution in [-0.4, -0.2) is 26.2 Å². The van der Waals surface area contributed by atoms with Crippen molar-refractivity contribution in [1.29, 1.82) is 0 Å². The standard InChI is InChI=1S/C25H16FN5O/c26-20-6-3-17(4-7-20)1-2-18-5-8-21-23(13-18)30-25(32)15-22(29-21)19-9-10-28-24(14-19)31-12-11-27-16-31/h3-14,16H,15H2,(H,30,32). The SMILES string of the molecule is O=C1CC(c2ccnc(-n3ccnc3)c2)=Nc2ccc(C#Cc3ccc(F)cc3)cc2N1. The van der Waals surface area contributed by atoms with Crippen molar-refractivity contribution in [2.75, 3.05) is 5.32 Å². The molecular weight excluding hydrogens is 405 g/mol. The van der Waals surface area contributed by atoms with Crippen molar-refractivity contribution in [3.8, 4) is 17.7 Å². The molecule has 1 amide bonds. The van der Waals surface area contributed by atoms with E-state index >= 15 is 0 Å². The van der Waals surface area contributed by atoms with E-state index in [0.717, 1.165) is 11.1 Å². The molecule has 0 spiro atoms. The Labute approximate surface area is 183 Å². The third-order valence-corrected chi connectivity index (χ3v) is 4.90. The maximum atomic E-state index is 13.1. The zero-order valence-electron chi connectivity index (χ0n) is 16.8. The first-order valence-corrected chi connectivity index (χ1v) is 9.88. The monoisotopic (exact) mass is 421 g/mol. The molecular formula is C25H16FN5O. The van der Waals surface area contributed by atoms with Gasteiger partial charge in [-0.25, -0.2) is 14.4 Å². The second kappa shape index (κ2) is 8.28. The summed E-state index contributed by atoms with van der Waals surface area (Å²) >= 11 is 0. The van der Waals surface area contributed by atoms with Gasteiger partial charge in [-0.15, -0.1) is 0 Å². The zero-order chi connectivity index (χ0) is 21.9.